The third-order valence-corrected chi connectivity index (χ3v) is 2.57. The van der Waals surface area contributed by atoms with Crippen LogP contribution in [0.2, 0.25) is 0 Å². The molecule has 0 aromatic rings. The fraction of sp³-hybridized carbons (Fsp3) is 0.909. The Kier molecular flexibility index (Phi) is 3.73. The van der Waals surface area contributed by atoms with Gasteiger partial charge >= 0.3 is 0 Å². The molecule has 1 atom stereocenters. The normalized spacial score (nSPS) is 27.5. The fourth-order valence-corrected chi connectivity index (χ4v) is 1.56. The number of hydrogen-bond donors (Lipinski definition) is 2. The Morgan fingerprint density at radius 1 is 1.40 bits per heavy atom. The quantitative estimate of drug-likeness (QED) is 0.682. The van der Waals surface area contributed by atoms with E-state index in [1.54, 1.807) is 0 Å². The Morgan fingerprint density at radius 2 is 2.07 bits per heavy atom. The van der Waals surface area contributed by atoms with Gasteiger partial charge in [0.15, 0.2) is 0 Å². The molecule has 1 rings (SSSR count). The molecule has 15 heavy (non-hydrogen) atoms. The van der Waals surface area contributed by atoms with Crippen LogP contribution in [0.15, 0.2) is 0 Å². The Bertz CT molecular complexity index is 227. The summed E-state index contributed by atoms with van der Waals surface area (Å²) < 4.78 is 0. The Morgan fingerprint density at radius 3 is 2.53 bits per heavy atom. The minimum absolute atomic E-state index is 0.0721. The first-order valence-electron chi connectivity index (χ1n) is 5.57. The van der Waals surface area contributed by atoms with Crippen molar-refractivity contribution in [2.45, 2.75) is 58.1 Å². The van der Waals surface area contributed by atoms with Crippen LogP contribution in [-0.2, 0) is 9.63 Å². The standard InChI is InChI=1S/C11H22N2O2/c1-10(2,3)15-13-9(14)11(4)7-5-6-8-12-11/h12H,5-8H2,1-4H3,(H,13,14). The lowest BCUT2D eigenvalue weighted by atomic mass is 9.90. The maximum absolute atomic E-state index is 11.9. The molecule has 0 aromatic heterocycles. The summed E-state index contributed by atoms with van der Waals surface area (Å²) in [5, 5.41) is 3.24. The number of piperidine rings is 1. The van der Waals surface area contributed by atoms with E-state index in [0.717, 1.165) is 25.8 Å². The number of amides is 1. The molecule has 1 saturated heterocycles. The van der Waals surface area contributed by atoms with E-state index in [1.165, 1.54) is 0 Å². The molecule has 1 aliphatic heterocycles. The molecule has 4 heteroatoms. The van der Waals surface area contributed by atoms with Gasteiger partial charge in [0.05, 0.1) is 11.1 Å². The molecule has 2 N–H and O–H groups in total. The second kappa shape index (κ2) is 4.49. The van der Waals surface area contributed by atoms with Gasteiger partial charge in [-0.3, -0.25) is 9.63 Å². The first-order valence-corrected chi connectivity index (χ1v) is 5.57. The van der Waals surface area contributed by atoms with Crippen molar-refractivity contribution in [3.05, 3.63) is 0 Å². The Labute approximate surface area is 91.7 Å². The van der Waals surface area contributed by atoms with Crippen LogP contribution < -0.4 is 10.8 Å². The van der Waals surface area contributed by atoms with E-state index in [0.29, 0.717) is 0 Å². The van der Waals surface area contributed by atoms with Gasteiger partial charge in [-0.05, 0) is 53.5 Å². The zero-order valence-electron chi connectivity index (χ0n) is 10.1. The average molecular weight is 214 g/mol. The molecule has 0 bridgehead atoms. The summed E-state index contributed by atoms with van der Waals surface area (Å²) in [5.41, 5.74) is 1.72. The zero-order valence-corrected chi connectivity index (χ0v) is 10.1. The van der Waals surface area contributed by atoms with Crippen LogP contribution >= 0.6 is 0 Å². The third-order valence-electron chi connectivity index (χ3n) is 2.57. The van der Waals surface area contributed by atoms with Gasteiger partial charge in [-0.2, -0.15) is 0 Å². The van der Waals surface area contributed by atoms with Gasteiger partial charge < -0.3 is 5.32 Å². The Hall–Kier alpha value is -0.610. The summed E-state index contributed by atoms with van der Waals surface area (Å²) in [6.07, 6.45) is 3.10. The van der Waals surface area contributed by atoms with Crippen molar-refractivity contribution in [3.8, 4) is 0 Å². The number of hydrogen-bond acceptors (Lipinski definition) is 3. The first kappa shape index (κ1) is 12.5. The van der Waals surface area contributed by atoms with Gasteiger partial charge in [-0.15, -0.1) is 0 Å². The van der Waals surface area contributed by atoms with E-state index in [-0.39, 0.29) is 11.5 Å². The van der Waals surface area contributed by atoms with E-state index in [4.69, 9.17) is 4.84 Å². The highest BCUT2D eigenvalue weighted by Crippen LogP contribution is 2.19. The summed E-state index contributed by atoms with van der Waals surface area (Å²) in [7, 11) is 0. The highest BCUT2D eigenvalue weighted by Gasteiger charge is 2.34. The van der Waals surface area contributed by atoms with Crippen molar-refractivity contribution < 1.29 is 9.63 Å². The fourth-order valence-electron chi connectivity index (χ4n) is 1.56. The van der Waals surface area contributed by atoms with E-state index < -0.39 is 5.54 Å². The number of carbonyl (C=O) groups is 1. The molecular formula is C11H22N2O2. The monoisotopic (exact) mass is 214 g/mol. The predicted octanol–water partition coefficient (Wildman–Crippen LogP) is 1.36. The molecule has 0 radical (unpaired) electrons. The average Bonchev–Trinajstić information content (AvgIpc) is 2.14. The van der Waals surface area contributed by atoms with Crippen LogP contribution in [0.25, 0.3) is 0 Å². The number of carbonyl (C=O) groups excluding carboxylic acids is 1. The molecule has 1 aliphatic rings. The van der Waals surface area contributed by atoms with Gasteiger partial charge in [-0.1, -0.05) is 0 Å². The second-order valence-electron chi connectivity index (χ2n) is 5.36. The van der Waals surface area contributed by atoms with Crippen molar-refractivity contribution in [1.82, 2.24) is 10.8 Å². The summed E-state index contributed by atoms with van der Waals surface area (Å²) in [6.45, 7) is 8.55. The lowest BCUT2D eigenvalue weighted by Gasteiger charge is -2.34. The molecule has 0 aliphatic carbocycles. The third kappa shape index (κ3) is 3.80. The zero-order chi connectivity index (χ0) is 11.5. The van der Waals surface area contributed by atoms with Crippen LogP contribution in [0.3, 0.4) is 0 Å². The lowest BCUT2D eigenvalue weighted by Crippen LogP contribution is -2.57. The molecule has 1 amide bonds. The molecule has 0 spiro atoms. The van der Waals surface area contributed by atoms with Crippen molar-refractivity contribution in [2.24, 2.45) is 0 Å². The van der Waals surface area contributed by atoms with E-state index >= 15 is 0 Å². The van der Waals surface area contributed by atoms with Gasteiger partial charge in [0.25, 0.3) is 5.91 Å². The first-order chi connectivity index (χ1) is 6.83. The largest absolute Gasteiger partial charge is 0.303 e. The Balaban J connectivity index is 2.45. The maximum atomic E-state index is 11.9. The van der Waals surface area contributed by atoms with Crippen LogP contribution in [0, 0.1) is 0 Å². The molecule has 0 saturated carbocycles. The highest BCUT2D eigenvalue weighted by atomic mass is 16.7. The summed E-state index contributed by atoms with van der Waals surface area (Å²) in [6, 6.07) is 0. The topological polar surface area (TPSA) is 50.4 Å². The molecule has 0 aromatic carbocycles. The number of hydroxylamine groups is 1. The van der Waals surface area contributed by atoms with Gasteiger partial charge in [0, 0.05) is 0 Å². The second-order valence-corrected chi connectivity index (χ2v) is 5.36. The van der Waals surface area contributed by atoms with Gasteiger partial charge in [0.2, 0.25) is 0 Å². The van der Waals surface area contributed by atoms with Crippen molar-refractivity contribution >= 4 is 5.91 Å². The lowest BCUT2D eigenvalue weighted by molar-refractivity contribution is -0.152. The number of nitrogens with one attached hydrogen (secondary N) is 2. The molecule has 1 unspecified atom stereocenters. The van der Waals surface area contributed by atoms with Crippen molar-refractivity contribution in [3.63, 3.8) is 0 Å². The van der Waals surface area contributed by atoms with Crippen LogP contribution in [0.4, 0.5) is 0 Å². The van der Waals surface area contributed by atoms with Crippen LogP contribution in [-0.4, -0.2) is 23.6 Å². The predicted molar refractivity (Wildman–Crippen MR) is 59.2 cm³/mol. The van der Waals surface area contributed by atoms with E-state index in [9.17, 15) is 4.79 Å². The van der Waals surface area contributed by atoms with Crippen molar-refractivity contribution in [2.75, 3.05) is 6.54 Å². The van der Waals surface area contributed by atoms with Crippen molar-refractivity contribution in [1.29, 1.82) is 0 Å². The summed E-state index contributed by atoms with van der Waals surface area (Å²) >= 11 is 0. The van der Waals surface area contributed by atoms with Crippen LogP contribution in [0.1, 0.15) is 47.0 Å². The molecular weight excluding hydrogens is 192 g/mol. The van der Waals surface area contributed by atoms with Gasteiger partial charge in [0.1, 0.15) is 0 Å². The molecule has 1 fully saturated rings. The minimum atomic E-state index is -0.469. The SMILES string of the molecule is CC(C)(C)ONC(=O)C1(C)CCCCN1. The number of rotatable bonds is 2. The van der Waals surface area contributed by atoms with Crippen LogP contribution in [0.5, 0.6) is 0 Å². The summed E-state index contributed by atoms with van der Waals surface area (Å²) in [5.74, 6) is -0.0721. The maximum Gasteiger partial charge on any atom is 0.263 e. The van der Waals surface area contributed by atoms with Gasteiger partial charge in [-0.25, -0.2) is 5.48 Å². The molecule has 88 valence electrons. The minimum Gasteiger partial charge on any atom is -0.303 e. The molecule has 4 nitrogen and oxygen atoms in total. The molecule has 1 heterocycles. The van der Waals surface area contributed by atoms with E-state index in [2.05, 4.69) is 10.8 Å². The highest BCUT2D eigenvalue weighted by molar-refractivity contribution is 5.85. The van der Waals surface area contributed by atoms with E-state index in [1.807, 2.05) is 27.7 Å². The summed E-state index contributed by atoms with van der Waals surface area (Å²) in [4.78, 5) is 17.1. The smallest absolute Gasteiger partial charge is 0.263 e.